The fourth-order valence-corrected chi connectivity index (χ4v) is 2.13. The molecule has 0 aliphatic carbocycles. The summed E-state index contributed by atoms with van der Waals surface area (Å²) in [5.74, 6) is -0.989. The molecular weight excluding hydrogens is 280 g/mol. The average molecular weight is 298 g/mol. The van der Waals surface area contributed by atoms with E-state index in [0.717, 1.165) is 5.56 Å². The summed E-state index contributed by atoms with van der Waals surface area (Å²) in [6.07, 6.45) is -0.306. The molecule has 2 aromatic rings. The maximum Gasteiger partial charge on any atom is 0.303 e. The third-order valence-electron chi connectivity index (χ3n) is 3.22. The van der Waals surface area contributed by atoms with Crippen molar-refractivity contribution in [1.82, 2.24) is 0 Å². The second-order valence-electron chi connectivity index (χ2n) is 4.89. The number of carboxylic acid groups (broad SMARTS) is 1. The van der Waals surface area contributed by atoms with Crippen LogP contribution >= 0.6 is 0 Å². The molecule has 2 rings (SSSR count). The van der Waals surface area contributed by atoms with E-state index in [2.05, 4.69) is 0 Å². The van der Waals surface area contributed by atoms with Crippen molar-refractivity contribution in [3.63, 3.8) is 0 Å². The van der Waals surface area contributed by atoms with Crippen LogP contribution in [0.1, 0.15) is 34.9 Å². The van der Waals surface area contributed by atoms with Gasteiger partial charge in [0.2, 0.25) is 0 Å². The maximum atomic E-state index is 12.6. The molecule has 0 heterocycles. The van der Waals surface area contributed by atoms with E-state index in [4.69, 9.17) is 9.84 Å². The first-order valence-electron chi connectivity index (χ1n) is 7.16. The Morgan fingerprint density at radius 3 is 2.14 bits per heavy atom. The van der Waals surface area contributed by atoms with Gasteiger partial charge < -0.3 is 9.84 Å². The Balaban J connectivity index is 2.11. The number of benzene rings is 2. The van der Waals surface area contributed by atoms with Crippen LogP contribution in [0.25, 0.3) is 0 Å². The molecule has 0 aliphatic rings. The van der Waals surface area contributed by atoms with Crippen molar-refractivity contribution >= 4 is 11.8 Å². The first-order valence-corrected chi connectivity index (χ1v) is 7.16. The highest BCUT2D eigenvalue weighted by Crippen LogP contribution is 2.22. The van der Waals surface area contributed by atoms with Crippen molar-refractivity contribution < 1.29 is 19.4 Å². The Morgan fingerprint density at radius 1 is 0.955 bits per heavy atom. The highest BCUT2D eigenvalue weighted by Gasteiger charge is 2.22. The predicted molar refractivity (Wildman–Crippen MR) is 82.8 cm³/mol. The summed E-state index contributed by atoms with van der Waals surface area (Å²) in [6.45, 7) is 0.227. The molecule has 22 heavy (non-hydrogen) atoms. The summed E-state index contributed by atoms with van der Waals surface area (Å²) in [6, 6.07) is 18.2. The molecule has 0 spiro atoms. The zero-order chi connectivity index (χ0) is 15.8. The largest absolute Gasteiger partial charge is 0.481 e. The van der Waals surface area contributed by atoms with Crippen LogP contribution in [0.3, 0.4) is 0 Å². The average Bonchev–Trinajstić information content (AvgIpc) is 2.56. The third kappa shape index (κ3) is 4.53. The lowest BCUT2D eigenvalue weighted by Crippen LogP contribution is -2.17. The van der Waals surface area contributed by atoms with E-state index < -0.39 is 12.1 Å². The minimum Gasteiger partial charge on any atom is -0.481 e. The number of carboxylic acids is 1. The number of ketones is 1. The van der Waals surface area contributed by atoms with Crippen LogP contribution in [0.2, 0.25) is 0 Å². The molecule has 1 N–H and O–H groups in total. The van der Waals surface area contributed by atoms with Gasteiger partial charge in [0, 0.05) is 18.6 Å². The van der Waals surface area contributed by atoms with E-state index in [1.54, 1.807) is 24.3 Å². The van der Waals surface area contributed by atoms with Crippen molar-refractivity contribution in [2.75, 3.05) is 6.61 Å². The number of hydrogen-bond donors (Lipinski definition) is 1. The van der Waals surface area contributed by atoms with E-state index in [1.807, 2.05) is 36.4 Å². The molecule has 0 aliphatic heterocycles. The monoisotopic (exact) mass is 298 g/mol. The van der Waals surface area contributed by atoms with Gasteiger partial charge in [-0.15, -0.1) is 0 Å². The molecule has 0 aromatic heterocycles. The van der Waals surface area contributed by atoms with Gasteiger partial charge in [-0.3, -0.25) is 9.59 Å². The van der Waals surface area contributed by atoms with Gasteiger partial charge in [0.1, 0.15) is 6.10 Å². The third-order valence-corrected chi connectivity index (χ3v) is 3.22. The van der Waals surface area contributed by atoms with E-state index in [0.29, 0.717) is 12.0 Å². The Morgan fingerprint density at radius 2 is 1.55 bits per heavy atom. The summed E-state index contributed by atoms with van der Waals surface area (Å²) in [5, 5.41) is 8.66. The van der Waals surface area contributed by atoms with Gasteiger partial charge in [-0.05, 0) is 12.0 Å². The number of carbonyl (C=O) groups excluding carboxylic acids is 1. The normalized spacial score (nSPS) is 11.8. The molecule has 0 saturated carbocycles. The van der Waals surface area contributed by atoms with Gasteiger partial charge in [-0.2, -0.15) is 0 Å². The molecule has 0 fully saturated rings. The van der Waals surface area contributed by atoms with Crippen LogP contribution in [-0.4, -0.2) is 23.5 Å². The van der Waals surface area contributed by atoms with Crippen molar-refractivity contribution in [3.05, 3.63) is 71.8 Å². The smallest absolute Gasteiger partial charge is 0.303 e. The van der Waals surface area contributed by atoms with Crippen molar-refractivity contribution in [2.45, 2.75) is 18.9 Å². The van der Waals surface area contributed by atoms with Crippen molar-refractivity contribution in [2.24, 2.45) is 0 Å². The van der Waals surface area contributed by atoms with Gasteiger partial charge in [-0.1, -0.05) is 60.7 Å². The van der Waals surface area contributed by atoms with Crippen LogP contribution in [-0.2, 0) is 9.53 Å². The first kappa shape index (κ1) is 15.9. The van der Waals surface area contributed by atoms with Gasteiger partial charge in [-0.25, -0.2) is 0 Å². The lowest BCUT2D eigenvalue weighted by Gasteiger charge is -2.17. The molecule has 1 atom stereocenters. The van der Waals surface area contributed by atoms with E-state index in [-0.39, 0.29) is 18.8 Å². The summed E-state index contributed by atoms with van der Waals surface area (Å²) in [4.78, 5) is 23.2. The minimum absolute atomic E-state index is 0.0288. The Bertz CT molecular complexity index is 607. The second-order valence-corrected chi connectivity index (χ2v) is 4.89. The van der Waals surface area contributed by atoms with Crippen LogP contribution in [0.15, 0.2) is 60.7 Å². The summed E-state index contributed by atoms with van der Waals surface area (Å²) in [5.41, 5.74) is 1.35. The molecule has 2 aromatic carbocycles. The van der Waals surface area contributed by atoms with Crippen molar-refractivity contribution in [1.29, 1.82) is 0 Å². The topological polar surface area (TPSA) is 63.6 Å². The Hall–Kier alpha value is -2.46. The molecule has 0 unspecified atom stereocenters. The number of carbonyl (C=O) groups is 2. The molecular formula is C18H18O4. The molecule has 4 heteroatoms. The molecule has 0 saturated heterocycles. The molecule has 0 bridgehead atoms. The summed E-state index contributed by atoms with van der Waals surface area (Å²) < 4.78 is 5.68. The Kier molecular flexibility index (Phi) is 5.86. The van der Waals surface area contributed by atoms with E-state index >= 15 is 0 Å². The quantitative estimate of drug-likeness (QED) is 0.598. The first-order chi connectivity index (χ1) is 10.7. The van der Waals surface area contributed by atoms with Gasteiger partial charge in [0.05, 0.1) is 0 Å². The SMILES string of the molecule is O=C(O)CCCO[C@H](C(=O)c1ccccc1)c1ccccc1. The number of ether oxygens (including phenoxy) is 1. The lowest BCUT2D eigenvalue weighted by atomic mass is 10.00. The van der Waals surface area contributed by atoms with Crippen molar-refractivity contribution in [3.8, 4) is 0 Å². The second kappa shape index (κ2) is 8.10. The van der Waals surface area contributed by atoms with Crippen LogP contribution < -0.4 is 0 Å². The van der Waals surface area contributed by atoms with E-state index in [1.165, 1.54) is 0 Å². The predicted octanol–water partition coefficient (Wildman–Crippen LogP) is 3.49. The van der Waals surface area contributed by atoms with Gasteiger partial charge in [0.25, 0.3) is 0 Å². The van der Waals surface area contributed by atoms with Crippen LogP contribution in [0.5, 0.6) is 0 Å². The molecule has 114 valence electrons. The lowest BCUT2D eigenvalue weighted by molar-refractivity contribution is -0.137. The Labute approximate surface area is 129 Å². The van der Waals surface area contributed by atoms with E-state index in [9.17, 15) is 9.59 Å². The fourth-order valence-electron chi connectivity index (χ4n) is 2.13. The highest BCUT2D eigenvalue weighted by atomic mass is 16.5. The fraction of sp³-hybridized carbons (Fsp3) is 0.222. The zero-order valence-corrected chi connectivity index (χ0v) is 12.1. The number of aliphatic carboxylic acids is 1. The molecule has 4 nitrogen and oxygen atoms in total. The van der Waals surface area contributed by atoms with Gasteiger partial charge in [0.15, 0.2) is 5.78 Å². The molecule has 0 radical (unpaired) electrons. The number of rotatable bonds is 8. The van der Waals surface area contributed by atoms with Crippen LogP contribution in [0, 0.1) is 0 Å². The highest BCUT2D eigenvalue weighted by molar-refractivity contribution is 6.00. The maximum absolute atomic E-state index is 12.6. The number of Topliss-reactive ketones (excluding diaryl/α,β-unsaturated/α-hetero) is 1. The summed E-state index contributed by atoms with van der Waals surface area (Å²) in [7, 11) is 0. The van der Waals surface area contributed by atoms with Crippen LogP contribution in [0.4, 0.5) is 0 Å². The standard InChI is InChI=1S/C18H18O4/c19-16(20)12-7-13-22-18(15-10-5-2-6-11-15)17(21)14-8-3-1-4-9-14/h1-6,8-11,18H,7,12-13H2,(H,19,20)/t18-/m0/s1. The minimum atomic E-state index is -0.866. The molecule has 0 amide bonds. The zero-order valence-electron chi connectivity index (χ0n) is 12.1. The summed E-state index contributed by atoms with van der Waals surface area (Å²) >= 11 is 0. The van der Waals surface area contributed by atoms with Gasteiger partial charge >= 0.3 is 5.97 Å². The number of hydrogen-bond acceptors (Lipinski definition) is 3.